The molecule has 1 saturated carbocycles. The molecule has 132 valence electrons. The van der Waals surface area contributed by atoms with E-state index in [0.717, 1.165) is 31.4 Å². The van der Waals surface area contributed by atoms with E-state index in [1.165, 1.54) is 4.90 Å². The number of hydrogen-bond donors (Lipinski definition) is 0. The Balaban J connectivity index is 1.65. The monoisotopic (exact) mass is 340 g/mol. The van der Waals surface area contributed by atoms with E-state index in [1.54, 1.807) is 11.0 Å². The maximum atomic E-state index is 12.6. The smallest absolute Gasteiger partial charge is 0.233 e. The predicted molar refractivity (Wildman–Crippen MR) is 95.8 cm³/mol. The van der Waals surface area contributed by atoms with Crippen molar-refractivity contribution in [2.45, 2.75) is 32.1 Å². The quantitative estimate of drug-likeness (QED) is 0.591. The van der Waals surface area contributed by atoms with Crippen molar-refractivity contribution in [2.24, 2.45) is 11.8 Å². The Morgan fingerprint density at radius 3 is 2.28 bits per heavy atom. The summed E-state index contributed by atoms with van der Waals surface area (Å²) in [4.78, 5) is 40.6. The van der Waals surface area contributed by atoms with Crippen LogP contribution in [0.1, 0.15) is 32.1 Å². The van der Waals surface area contributed by atoms with Crippen LogP contribution in [-0.4, -0.2) is 35.7 Å². The van der Waals surface area contributed by atoms with E-state index < -0.39 is 0 Å². The summed E-state index contributed by atoms with van der Waals surface area (Å²) in [5.74, 6) is -0.596. The minimum absolute atomic E-state index is 0.0857. The number of rotatable bonds is 6. The van der Waals surface area contributed by atoms with E-state index >= 15 is 0 Å². The van der Waals surface area contributed by atoms with Crippen LogP contribution in [0.4, 0.5) is 5.69 Å². The van der Waals surface area contributed by atoms with E-state index in [0.29, 0.717) is 6.54 Å². The molecule has 0 radical (unpaired) electrons. The molecular formula is C20H24N2O3. The van der Waals surface area contributed by atoms with Gasteiger partial charge >= 0.3 is 0 Å². The first-order valence-electron chi connectivity index (χ1n) is 8.95. The van der Waals surface area contributed by atoms with Gasteiger partial charge in [0, 0.05) is 25.2 Å². The van der Waals surface area contributed by atoms with Gasteiger partial charge in [-0.05, 0) is 25.0 Å². The molecule has 1 aromatic rings. The van der Waals surface area contributed by atoms with Gasteiger partial charge in [0.2, 0.25) is 17.7 Å². The van der Waals surface area contributed by atoms with Gasteiger partial charge in [-0.25, -0.2) is 0 Å². The van der Waals surface area contributed by atoms with E-state index in [-0.39, 0.29) is 42.5 Å². The summed E-state index contributed by atoms with van der Waals surface area (Å²) in [6.07, 6.45) is 5.42. The maximum Gasteiger partial charge on any atom is 0.233 e. The van der Waals surface area contributed by atoms with E-state index in [4.69, 9.17) is 0 Å². The summed E-state index contributed by atoms with van der Waals surface area (Å²) >= 11 is 0. The number of likely N-dealkylation sites (tertiary alicyclic amines) is 1. The normalized spacial score (nSPS) is 22.6. The number of benzene rings is 1. The van der Waals surface area contributed by atoms with Crippen LogP contribution >= 0.6 is 0 Å². The van der Waals surface area contributed by atoms with Crippen LogP contribution in [-0.2, 0) is 14.4 Å². The molecule has 3 amide bonds. The minimum atomic E-state index is -0.158. The lowest BCUT2D eigenvalue weighted by molar-refractivity contribution is -0.140. The first kappa shape index (κ1) is 17.4. The average molecular weight is 340 g/mol. The zero-order valence-corrected chi connectivity index (χ0v) is 14.4. The van der Waals surface area contributed by atoms with Crippen molar-refractivity contribution in [1.29, 1.82) is 0 Å². The molecule has 2 aliphatic rings. The number of carbonyl (C=O) groups excluding carboxylic acids is 3. The summed E-state index contributed by atoms with van der Waals surface area (Å²) in [5, 5.41) is 0. The zero-order valence-electron chi connectivity index (χ0n) is 14.4. The molecule has 2 unspecified atom stereocenters. The highest BCUT2D eigenvalue weighted by molar-refractivity contribution is 6.05. The van der Waals surface area contributed by atoms with Crippen molar-refractivity contribution in [2.75, 3.05) is 18.0 Å². The van der Waals surface area contributed by atoms with Gasteiger partial charge in [0.25, 0.3) is 0 Å². The van der Waals surface area contributed by atoms with Gasteiger partial charge in [-0.3, -0.25) is 19.3 Å². The molecule has 0 N–H and O–H groups in total. The summed E-state index contributed by atoms with van der Waals surface area (Å²) in [6.45, 7) is 4.28. The molecular weight excluding hydrogens is 316 g/mol. The largest absolute Gasteiger partial charge is 0.309 e. The van der Waals surface area contributed by atoms with Gasteiger partial charge in [0.05, 0.1) is 11.8 Å². The fraction of sp³-hybridized carbons (Fsp3) is 0.450. The van der Waals surface area contributed by atoms with Crippen molar-refractivity contribution in [3.8, 4) is 0 Å². The van der Waals surface area contributed by atoms with Crippen LogP contribution in [0.15, 0.2) is 43.0 Å². The number of amides is 3. The molecule has 5 nitrogen and oxygen atoms in total. The minimum Gasteiger partial charge on any atom is -0.309 e. The predicted octanol–water partition coefficient (Wildman–Crippen LogP) is 2.77. The highest BCUT2D eigenvalue weighted by atomic mass is 16.2. The van der Waals surface area contributed by atoms with E-state index in [1.807, 2.05) is 30.3 Å². The molecule has 3 rings (SSSR count). The number of carbonyl (C=O) groups is 3. The van der Waals surface area contributed by atoms with Crippen LogP contribution in [0.2, 0.25) is 0 Å². The van der Waals surface area contributed by atoms with Crippen molar-refractivity contribution in [3.63, 3.8) is 0 Å². The Hall–Kier alpha value is -2.43. The summed E-state index contributed by atoms with van der Waals surface area (Å²) < 4.78 is 0. The Morgan fingerprint density at radius 1 is 1.12 bits per heavy atom. The molecule has 5 heteroatoms. The third-order valence-electron chi connectivity index (χ3n) is 5.16. The fourth-order valence-corrected chi connectivity index (χ4v) is 3.88. The Bertz CT molecular complexity index is 647. The highest BCUT2D eigenvalue weighted by Gasteiger charge is 2.47. The van der Waals surface area contributed by atoms with Crippen molar-refractivity contribution >= 4 is 23.4 Å². The molecule has 1 heterocycles. The third kappa shape index (κ3) is 3.50. The second kappa shape index (κ2) is 7.64. The maximum absolute atomic E-state index is 12.6. The lowest BCUT2D eigenvalue weighted by Crippen LogP contribution is -2.37. The van der Waals surface area contributed by atoms with Gasteiger partial charge in [-0.15, -0.1) is 6.58 Å². The Kier molecular flexibility index (Phi) is 5.31. The van der Waals surface area contributed by atoms with Crippen molar-refractivity contribution in [1.82, 2.24) is 4.90 Å². The molecule has 1 aromatic carbocycles. The summed E-state index contributed by atoms with van der Waals surface area (Å²) in [7, 11) is 0. The summed E-state index contributed by atoms with van der Waals surface area (Å²) in [6, 6.07) is 9.36. The first-order chi connectivity index (χ1) is 12.1. The average Bonchev–Trinajstić information content (AvgIpc) is 2.89. The van der Waals surface area contributed by atoms with Crippen molar-refractivity contribution < 1.29 is 14.4 Å². The van der Waals surface area contributed by atoms with Gasteiger partial charge in [-0.2, -0.15) is 0 Å². The SMILES string of the molecule is C=CCN(C(=O)CCN1C(=O)C2CCCCC2C1=O)c1ccccc1. The van der Waals surface area contributed by atoms with Crippen LogP contribution < -0.4 is 4.90 Å². The number of para-hydroxylation sites is 1. The van der Waals surface area contributed by atoms with Gasteiger partial charge in [-0.1, -0.05) is 37.1 Å². The zero-order chi connectivity index (χ0) is 17.8. The number of imide groups is 1. The van der Waals surface area contributed by atoms with Gasteiger partial charge < -0.3 is 4.90 Å². The third-order valence-corrected chi connectivity index (χ3v) is 5.16. The van der Waals surface area contributed by atoms with Crippen LogP contribution in [0, 0.1) is 11.8 Å². The first-order valence-corrected chi connectivity index (χ1v) is 8.95. The number of hydrogen-bond acceptors (Lipinski definition) is 3. The number of anilines is 1. The topological polar surface area (TPSA) is 57.7 Å². The molecule has 2 fully saturated rings. The molecule has 1 saturated heterocycles. The second-order valence-electron chi connectivity index (χ2n) is 6.70. The molecule has 1 aliphatic carbocycles. The second-order valence-corrected chi connectivity index (χ2v) is 6.70. The van der Waals surface area contributed by atoms with E-state index in [9.17, 15) is 14.4 Å². The molecule has 0 aromatic heterocycles. The van der Waals surface area contributed by atoms with Crippen molar-refractivity contribution in [3.05, 3.63) is 43.0 Å². The molecule has 0 bridgehead atoms. The van der Waals surface area contributed by atoms with Gasteiger partial charge in [0.15, 0.2) is 0 Å². The fourth-order valence-electron chi connectivity index (χ4n) is 3.88. The highest BCUT2D eigenvalue weighted by Crippen LogP contribution is 2.38. The summed E-state index contributed by atoms with van der Waals surface area (Å²) in [5.41, 5.74) is 0.792. The van der Waals surface area contributed by atoms with Crippen LogP contribution in [0.25, 0.3) is 0 Å². The Morgan fingerprint density at radius 2 is 1.72 bits per heavy atom. The van der Waals surface area contributed by atoms with E-state index in [2.05, 4.69) is 6.58 Å². The standard InChI is InChI=1S/C20H24N2O3/c1-2-13-21(15-8-4-3-5-9-15)18(23)12-14-22-19(24)16-10-6-7-11-17(16)20(22)25/h2-5,8-9,16-17H,1,6-7,10-14H2. The lowest BCUT2D eigenvalue weighted by Gasteiger charge is -2.22. The number of fused-ring (bicyclic) bond motifs is 1. The van der Waals surface area contributed by atoms with Crippen LogP contribution in [0.3, 0.4) is 0 Å². The van der Waals surface area contributed by atoms with Crippen LogP contribution in [0.5, 0.6) is 0 Å². The molecule has 2 atom stereocenters. The lowest BCUT2D eigenvalue weighted by atomic mass is 9.81. The number of nitrogens with zero attached hydrogens (tertiary/aromatic N) is 2. The van der Waals surface area contributed by atoms with Gasteiger partial charge in [0.1, 0.15) is 0 Å². The molecule has 25 heavy (non-hydrogen) atoms. The Labute approximate surface area is 148 Å². The molecule has 1 aliphatic heterocycles. The molecule has 0 spiro atoms.